The Labute approximate surface area is 194 Å². The Balaban J connectivity index is 0.00000256. The average molecular weight is 524 g/mol. The van der Waals surface area contributed by atoms with Crippen LogP contribution in [-0.4, -0.2) is 37.3 Å². The lowest BCUT2D eigenvalue weighted by molar-refractivity contribution is 0.201. The molecule has 8 heteroatoms. The molecule has 0 unspecified atom stereocenters. The Morgan fingerprint density at radius 3 is 2.70 bits per heavy atom. The van der Waals surface area contributed by atoms with Crippen molar-refractivity contribution >= 4 is 35.6 Å². The Kier molecular flexibility index (Phi) is 8.41. The molecule has 30 heavy (non-hydrogen) atoms. The van der Waals surface area contributed by atoms with E-state index in [1.165, 1.54) is 12.8 Å². The number of guanidine groups is 1. The highest BCUT2D eigenvalue weighted by Gasteiger charge is 2.17. The lowest BCUT2D eigenvalue weighted by Gasteiger charge is -2.15. The second kappa shape index (κ2) is 11.2. The zero-order chi connectivity index (χ0) is 19.9. The van der Waals surface area contributed by atoms with Gasteiger partial charge in [0.1, 0.15) is 6.10 Å². The SMILES string of the molecule is CN=C(NCc1ccnc(OC2CCCC2)c1)Nc1ccc2c(c1)OCCCO2.I. The van der Waals surface area contributed by atoms with Gasteiger partial charge in [0.05, 0.1) is 13.2 Å². The zero-order valence-electron chi connectivity index (χ0n) is 17.2. The van der Waals surface area contributed by atoms with Crippen LogP contribution in [0.25, 0.3) is 0 Å². The number of hydrogen-bond donors (Lipinski definition) is 2. The Morgan fingerprint density at radius 1 is 1.10 bits per heavy atom. The van der Waals surface area contributed by atoms with Crippen molar-refractivity contribution in [3.05, 3.63) is 42.1 Å². The monoisotopic (exact) mass is 524 g/mol. The summed E-state index contributed by atoms with van der Waals surface area (Å²) in [5.74, 6) is 2.91. The fraction of sp³-hybridized carbons (Fsp3) is 0.455. The highest BCUT2D eigenvalue weighted by molar-refractivity contribution is 14.0. The number of aromatic nitrogens is 1. The lowest BCUT2D eigenvalue weighted by Crippen LogP contribution is -2.30. The molecule has 4 rings (SSSR count). The minimum Gasteiger partial charge on any atom is -0.490 e. The summed E-state index contributed by atoms with van der Waals surface area (Å²) in [5.41, 5.74) is 1.98. The molecule has 1 aliphatic heterocycles. The van der Waals surface area contributed by atoms with Crippen LogP contribution in [0.1, 0.15) is 37.7 Å². The van der Waals surface area contributed by atoms with Gasteiger partial charge in [-0.25, -0.2) is 4.98 Å². The van der Waals surface area contributed by atoms with Crippen LogP contribution in [0.4, 0.5) is 5.69 Å². The zero-order valence-corrected chi connectivity index (χ0v) is 19.6. The third kappa shape index (κ3) is 6.13. The molecule has 1 aliphatic carbocycles. The number of anilines is 1. The van der Waals surface area contributed by atoms with Gasteiger partial charge >= 0.3 is 0 Å². The number of pyridine rings is 1. The van der Waals surface area contributed by atoms with Crippen molar-refractivity contribution in [2.45, 2.75) is 44.8 Å². The van der Waals surface area contributed by atoms with Crippen molar-refractivity contribution in [1.29, 1.82) is 0 Å². The van der Waals surface area contributed by atoms with E-state index in [1.54, 1.807) is 13.2 Å². The number of ether oxygens (including phenoxy) is 3. The summed E-state index contributed by atoms with van der Waals surface area (Å²) >= 11 is 0. The van der Waals surface area contributed by atoms with Crippen LogP contribution < -0.4 is 24.8 Å². The fourth-order valence-electron chi connectivity index (χ4n) is 3.54. The molecule has 0 amide bonds. The molecule has 0 saturated heterocycles. The van der Waals surface area contributed by atoms with Crippen molar-refractivity contribution in [2.24, 2.45) is 4.99 Å². The van der Waals surface area contributed by atoms with Gasteiger partial charge in [-0.1, -0.05) is 0 Å². The van der Waals surface area contributed by atoms with E-state index in [0.717, 1.165) is 42.0 Å². The summed E-state index contributed by atoms with van der Waals surface area (Å²) in [6.45, 7) is 1.96. The highest BCUT2D eigenvalue weighted by Crippen LogP contribution is 2.32. The molecule has 0 spiro atoms. The third-order valence-corrected chi connectivity index (χ3v) is 5.08. The molecular formula is C22H29IN4O3. The first-order chi connectivity index (χ1) is 14.3. The maximum atomic E-state index is 6.00. The lowest BCUT2D eigenvalue weighted by atomic mass is 10.2. The van der Waals surface area contributed by atoms with Gasteiger partial charge in [-0.15, -0.1) is 24.0 Å². The molecule has 7 nitrogen and oxygen atoms in total. The van der Waals surface area contributed by atoms with Crippen LogP contribution in [0.2, 0.25) is 0 Å². The van der Waals surface area contributed by atoms with E-state index in [9.17, 15) is 0 Å². The summed E-state index contributed by atoms with van der Waals surface area (Å²) in [5, 5.41) is 6.63. The number of aliphatic imine (C=N–C) groups is 1. The largest absolute Gasteiger partial charge is 0.490 e. The van der Waals surface area contributed by atoms with E-state index in [4.69, 9.17) is 14.2 Å². The smallest absolute Gasteiger partial charge is 0.213 e. The average Bonchev–Trinajstić information content (AvgIpc) is 3.14. The quantitative estimate of drug-likeness (QED) is 0.344. The van der Waals surface area contributed by atoms with E-state index < -0.39 is 0 Å². The standard InChI is InChI=1S/C22H28N4O3.HI/c1-23-22(26-17-7-8-19-20(14-17)28-12-4-11-27-19)25-15-16-9-10-24-21(13-16)29-18-5-2-3-6-18;/h7-10,13-14,18H,2-6,11-12,15H2,1H3,(H2,23,25,26);1H. The number of nitrogens with one attached hydrogen (secondary N) is 2. The van der Waals surface area contributed by atoms with Gasteiger partial charge in [-0.2, -0.15) is 0 Å². The molecule has 162 valence electrons. The number of hydrogen-bond acceptors (Lipinski definition) is 5. The van der Waals surface area contributed by atoms with Gasteiger partial charge in [0, 0.05) is 44.0 Å². The molecule has 0 atom stereocenters. The normalized spacial score (nSPS) is 16.4. The van der Waals surface area contributed by atoms with Crippen LogP contribution >= 0.6 is 24.0 Å². The van der Waals surface area contributed by atoms with Crippen LogP contribution in [-0.2, 0) is 6.54 Å². The summed E-state index contributed by atoms with van der Waals surface area (Å²) in [7, 11) is 1.75. The molecule has 2 aliphatic rings. The fourth-order valence-corrected chi connectivity index (χ4v) is 3.54. The summed E-state index contributed by atoms with van der Waals surface area (Å²) in [6.07, 6.45) is 7.72. The first kappa shape index (κ1) is 22.5. The molecule has 1 aromatic carbocycles. The van der Waals surface area contributed by atoms with Gasteiger partial charge < -0.3 is 24.8 Å². The summed E-state index contributed by atoms with van der Waals surface area (Å²) < 4.78 is 17.4. The van der Waals surface area contributed by atoms with Crippen molar-refractivity contribution in [3.8, 4) is 17.4 Å². The number of halogens is 1. The van der Waals surface area contributed by atoms with Crippen LogP contribution in [0.15, 0.2) is 41.5 Å². The minimum atomic E-state index is 0. The molecule has 1 saturated carbocycles. The minimum absolute atomic E-state index is 0. The number of benzene rings is 1. The van der Waals surface area contributed by atoms with E-state index in [1.807, 2.05) is 30.3 Å². The van der Waals surface area contributed by atoms with E-state index in [2.05, 4.69) is 20.6 Å². The summed E-state index contributed by atoms with van der Waals surface area (Å²) in [4.78, 5) is 8.65. The van der Waals surface area contributed by atoms with E-state index >= 15 is 0 Å². The second-order valence-corrected chi connectivity index (χ2v) is 7.29. The summed E-state index contributed by atoms with van der Waals surface area (Å²) in [6, 6.07) is 9.79. The molecule has 2 heterocycles. The van der Waals surface area contributed by atoms with Gasteiger partial charge in [-0.05, 0) is 49.4 Å². The third-order valence-electron chi connectivity index (χ3n) is 5.08. The topological polar surface area (TPSA) is 77.0 Å². The number of fused-ring (bicyclic) bond motifs is 1. The first-order valence-electron chi connectivity index (χ1n) is 10.3. The van der Waals surface area contributed by atoms with E-state index in [0.29, 0.717) is 37.7 Å². The molecule has 1 aromatic heterocycles. The van der Waals surface area contributed by atoms with E-state index in [-0.39, 0.29) is 24.0 Å². The van der Waals surface area contributed by atoms with Gasteiger partial charge in [0.25, 0.3) is 0 Å². The van der Waals surface area contributed by atoms with Crippen molar-refractivity contribution in [3.63, 3.8) is 0 Å². The van der Waals surface area contributed by atoms with Crippen molar-refractivity contribution in [1.82, 2.24) is 10.3 Å². The molecule has 0 radical (unpaired) electrons. The number of nitrogens with zero attached hydrogens (tertiary/aromatic N) is 2. The predicted molar refractivity (Wildman–Crippen MR) is 128 cm³/mol. The van der Waals surface area contributed by atoms with Crippen molar-refractivity contribution < 1.29 is 14.2 Å². The number of rotatable bonds is 5. The Morgan fingerprint density at radius 2 is 1.90 bits per heavy atom. The predicted octanol–water partition coefficient (Wildman–Crippen LogP) is 4.37. The van der Waals surface area contributed by atoms with Crippen molar-refractivity contribution in [2.75, 3.05) is 25.6 Å². The molecular weight excluding hydrogens is 495 g/mol. The van der Waals surface area contributed by atoms with Crippen LogP contribution in [0.5, 0.6) is 17.4 Å². The Bertz CT molecular complexity index is 856. The molecule has 1 fully saturated rings. The Hall–Kier alpha value is -2.23. The van der Waals surface area contributed by atoms with Gasteiger partial charge in [-0.3, -0.25) is 4.99 Å². The first-order valence-corrected chi connectivity index (χ1v) is 10.3. The van der Waals surface area contributed by atoms with Crippen LogP contribution in [0, 0.1) is 0 Å². The molecule has 2 aromatic rings. The molecule has 2 N–H and O–H groups in total. The maximum absolute atomic E-state index is 6.00. The van der Waals surface area contributed by atoms with Gasteiger partial charge in [0.2, 0.25) is 5.88 Å². The molecule has 0 bridgehead atoms. The highest BCUT2D eigenvalue weighted by atomic mass is 127. The maximum Gasteiger partial charge on any atom is 0.213 e. The van der Waals surface area contributed by atoms with Gasteiger partial charge in [0.15, 0.2) is 17.5 Å². The van der Waals surface area contributed by atoms with Crippen LogP contribution in [0.3, 0.4) is 0 Å². The second-order valence-electron chi connectivity index (χ2n) is 7.29.